The van der Waals surface area contributed by atoms with Gasteiger partial charge >= 0.3 is 0 Å². The van der Waals surface area contributed by atoms with E-state index in [4.69, 9.17) is 11.5 Å². The van der Waals surface area contributed by atoms with Crippen LogP contribution in [-0.2, 0) is 4.79 Å². The summed E-state index contributed by atoms with van der Waals surface area (Å²) >= 11 is 0. The van der Waals surface area contributed by atoms with Gasteiger partial charge in [-0.2, -0.15) is 13.8 Å². The zero-order valence-electron chi connectivity index (χ0n) is 9.29. The lowest BCUT2D eigenvalue weighted by Crippen LogP contribution is -2.41. The normalized spacial score (nSPS) is 19.3. The molecular formula is C10H11F3N4O. The predicted octanol–water partition coefficient (Wildman–Crippen LogP) is 0.535. The van der Waals surface area contributed by atoms with Crippen molar-refractivity contribution < 1.29 is 18.0 Å². The van der Waals surface area contributed by atoms with Crippen molar-refractivity contribution in [3.05, 3.63) is 17.6 Å². The summed E-state index contributed by atoms with van der Waals surface area (Å²) in [5.74, 6) is -5.61. The van der Waals surface area contributed by atoms with Gasteiger partial charge in [0.2, 0.25) is 11.7 Å². The van der Waals surface area contributed by atoms with Gasteiger partial charge in [0.05, 0.1) is 0 Å². The fourth-order valence-corrected chi connectivity index (χ4v) is 2.10. The molecule has 2 rings (SSSR count). The molecule has 8 heteroatoms. The summed E-state index contributed by atoms with van der Waals surface area (Å²) in [5, 5.41) is 0. The number of halogens is 3. The molecule has 0 aliphatic carbocycles. The van der Waals surface area contributed by atoms with Crippen LogP contribution < -0.4 is 16.4 Å². The first-order chi connectivity index (χ1) is 8.43. The summed E-state index contributed by atoms with van der Waals surface area (Å²) in [4.78, 5) is 15.2. The Morgan fingerprint density at radius 3 is 2.61 bits per heavy atom. The number of hydrogen-bond donors (Lipinski definition) is 2. The second-order valence-corrected chi connectivity index (χ2v) is 4.02. The molecule has 18 heavy (non-hydrogen) atoms. The van der Waals surface area contributed by atoms with E-state index < -0.39 is 41.0 Å². The zero-order valence-corrected chi connectivity index (χ0v) is 9.29. The van der Waals surface area contributed by atoms with Gasteiger partial charge in [-0.25, -0.2) is 4.39 Å². The number of rotatable bonds is 2. The lowest BCUT2D eigenvalue weighted by Gasteiger charge is -2.25. The van der Waals surface area contributed by atoms with Crippen molar-refractivity contribution in [1.29, 1.82) is 0 Å². The maximum absolute atomic E-state index is 13.7. The van der Waals surface area contributed by atoms with Crippen LogP contribution in [0.1, 0.15) is 12.8 Å². The first kappa shape index (κ1) is 12.5. The molecule has 4 N–H and O–H groups in total. The molecule has 1 aromatic heterocycles. The summed E-state index contributed by atoms with van der Waals surface area (Å²) in [5.41, 5.74) is 9.60. The van der Waals surface area contributed by atoms with Gasteiger partial charge in [-0.1, -0.05) is 0 Å². The van der Waals surface area contributed by atoms with Gasteiger partial charge in [-0.3, -0.25) is 4.79 Å². The molecule has 0 aromatic carbocycles. The van der Waals surface area contributed by atoms with Gasteiger partial charge < -0.3 is 16.4 Å². The number of aromatic nitrogens is 1. The third-order valence-electron chi connectivity index (χ3n) is 2.91. The number of nitrogen functional groups attached to an aromatic ring is 1. The van der Waals surface area contributed by atoms with Crippen molar-refractivity contribution in [2.75, 3.05) is 17.2 Å². The topological polar surface area (TPSA) is 85.2 Å². The molecule has 5 nitrogen and oxygen atoms in total. The molecule has 0 radical (unpaired) electrons. The average molecular weight is 260 g/mol. The molecule has 1 aromatic rings. The van der Waals surface area contributed by atoms with E-state index in [0.717, 1.165) is 4.90 Å². The molecule has 1 atom stereocenters. The second-order valence-electron chi connectivity index (χ2n) is 4.02. The molecular weight excluding hydrogens is 249 g/mol. The van der Waals surface area contributed by atoms with Crippen LogP contribution in [0.5, 0.6) is 0 Å². The van der Waals surface area contributed by atoms with Crippen LogP contribution in [0.4, 0.5) is 24.7 Å². The van der Waals surface area contributed by atoms with Gasteiger partial charge in [0, 0.05) is 6.54 Å². The third kappa shape index (κ3) is 1.83. The number of anilines is 2. The van der Waals surface area contributed by atoms with Crippen molar-refractivity contribution in [3.8, 4) is 0 Å². The highest BCUT2D eigenvalue weighted by Crippen LogP contribution is 2.33. The number of amides is 1. The van der Waals surface area contributed by atoms with Crippen molar-refractivity contribution in [2.24, 2.45) is 5.73 Å². The highest BCUT2D eigenvalue weighted by molar-refractivity contribution is 5.84. The highest BCUT2D eigenvalue weighted by atomic mass is 19.2. The Hall–Kier alpha value is -1.99. The molecule has 1 aliphatic rings. The van der Waals surface area contributed by atoms with Crippen LogP contribution in [0.2, 0.25) is 0 Å². The van der Waals surface area contributed by atoms with E-state index in [1.807, 2.05) is 0 Å². The second kappa shape index (κ2) is 4.35. The Balaban J connectivity index is 2.54. The first-order valence-electron chi connectivity index (χ1n) is 5.29. The predicted molar refractivity (Wildman–Crippen MR) is 58.1 cm³/mol. The maximum atomic E-state index is 13.7. The number of nitrogens with two attached hydrogens (primary N) is 2. The Bertz CT molecular complexity index is 482. The minimum absolute atomic E-state index is 0.199. The Kier molecular flexibility index (Phi) is 3.02. The Labute approximate surface area is 101 Å². The van der Waals surface area contributed by atoms with Crippen LogP contribution in [0.15, 0.2) is 0 Å². The summed E-state index contributed by atoms with van der Waals surface area (Å²) in [6.45, 7) is 0.199. The lowest BCUT2D eigenvalue weighted by atomic mass is 10.2. The molecule has 1 saturated heterocycles. The van der Waals surface area contributed by atoms with Crippen LogP contribution in [0, 0.1) is 17.6 Å². The average Bonchev–Trinajstić information content (AvgIpc) is 2.76. The van der Waals surface area contributed by atoms with Crippen LogP contribution in [-0.4, -0.2) is 23.5 Å². The lowest BCUT2D eigenvalue weighted by molar-refractivity contribution is -0.119. The van der Waals surface area contributed by atoms with Crippen molar-refractivity contribution in [1.82, 2.24) is 4.98 Å². The zero-order chi connectivity index (χ0) is 13.4. The number of carbonyl (C=O) groups excluding carboxylic acids is 1. The Morgan fingerprint density at radius 1 is 1.33 bits per heavy atom. The summed E-state index contributed by atoms with van der Waals surface area (Å²) in [6, 6.07) is -0.866. The summed E-state index contributed by atoms with van der Waals surface area (Å²) < 4.78 is 40.5. The maximum Gasteiger partial charge on any atom is 0.253 e. The minimum Gasteiger partial charge on any atom is -0.381 e. The molecule has 2 heterocycles. The number of pyridine rings is 1. The minimum atomic E-state index is -1.50. The number of carbonyl (C=O) groups is 1. The van der Waals surface area contributed by atoms with Gasteiger partial charge in [0.25, 0.3) is 5.95 Å². The van der Waals surface area contributed by atoms with E-state index in [1.54, 1.807) is 0 Å². The van der Waals surface area contributed by atoms with Gasteiger partial charge in [0.15, 0.2) is 11.6 Å². The molecule has 0 saturated carbocycles. The quantitative estimate of drug-likeness (QED) is 0.760. The molecule has 1 amide bonds. The van der Waals surface area contributed by atoms with E-state index in [2.05, 4.69) is 4.98 Å². The Morgan fingerprint density at radius 2 is 2.00 bits per heavy atom. The fraction of sp³-hybridized carbons (Fsp3) is 0.400. The van der Waals surface area contributed by atoms with Crippen LogP contribution in [0.3, 0.4) is 0 Å². The third-order valence-corrected chi connectivity index (χ3v) is 2.91. The molecule has 98 valence electrons. The molecule has 0 bridgehead atoms. The van der Waals surface area contributed by atoms with E-state index in [-0.39, 0.29) is 6.54 Å². The van der Waals surface area contributed by atoms with Gasteiger partial charge in [0.1, 0.15) is 11.7 Å². The first-order valence-corrected chi connectivity index (χ1v) is 5.29. The van der Waals surface area contributed by atoms with Crippen molar-refractivity contribution >= 4 is 17.4 Å². The summed E-state index contributed by atoms with van der Waals surface area (Å²) in [6.07, 6.45) is 0.883. The van der Waals surface area contributed by atoms with E-state index >= 15 is 0 Å². The van der Waals surface area contributed by atoms with E-state index in [9.17, 15) is 18.0 Å². The highest BCUT2D eigenvalue weighted by Gasteiger charge is 2.34. The molecule has 1 fully saturated rings. The number of hydrogen-bond acceptors (Lipinski definition) is 4. The number of nitrogens with zero attached hydrogens (tertiary/aromatic N) is 2. The largest absolute Gasteiger partial charge is 0.381 e. The standard InChI is InChI=1S/C10H11F3N4O/c11-5-7(6(12)9(14)16-8(5)13)17-3-1-2-4(17)10(15)18/h4H,1-3H2,(H2,14,16)(H2,15,18)/t4-/m0/s1. The van der Waals surface area contributed by atoms with Crippen LogP contribution in [0.25, 0.3) is 0 Å². The smallest absolute Gasteiger partial charge is 0.253 e. The van der Waals surface area contributed by atoms with Gasteiger partial charge in [-0.15, -0.1) is 0 Å². The van der Waals surface area contributed by atoms with E-state index in [1.165, 1.54) is 0 Å². The molecule has 0 spiro atoms. The monoisotopic (exact) mass is 260 g/mol. The van der Waals surface area contributed by atoms with E-state index in [0.29, 0.717) is 12.8 Å². The van der Waals surface area contributed by atoms with Crippen molar-refractivity contribution in [2.45, 2.75) is 18.9 Å². The fourth-order valence-electron chi connectivity index (χ4n) is 2.10. The number of primary amides is 1. The summed E-state index contributed by atoms with van der Waals surface area (Å²) in [7, 11) is 0. The van der Waals surface area contributed by atoms with Crippen LogP contribution >= 0.6 is 0 Å². The van der Waals surface area contributed by atoms with Crippen molar-refractivity contribution in [3.63, 3.8) is 0 Å². The van der Waals surface area contributed by atoms with Gasteiger partial charge in [-0.05, 0) is 12.8 Å². The SMILES string of the molecule is NC(=O)[C@@H]1CCCN1c1c(F)c(N)nc(F)c1F. The molecule has 1 aliphatic heterocycles. The molecule has 0 unspecified atom stereocenters.